The van der Waals surface area contributed by atoms with Crippen LogP contribution in [0.3, 0.4) is 0 Å². The van der Waals surface area contributed by atoms with Crippen LogP contribution in [0.25, 0.3) is 0 Å². The Morgan fingerprint density at radius 1 is 1.48 bits per heavy atom. The van der Waals surface area contributed by atoms with Crippen molar-refractivity contribution < 1.29 is 9.53 Å². The van der Waals surface area contributed by atoms with Crippen molar-refractivity contribution in [1.29, 1.82) is 0 Å². The zero-order chi connectivity index (χ0) is 14.8. The largest absolute Gasteiger partial charge is 0.465 e. The van der Waals surface area contributed by atoms with Gasteiger partial charge in [-0.3, -0.25) is 0 Å². The summed E-state index contributed by atoms with van der Waals surface area (Å²) in [6, 6.07) is 5.40. The van der Waals surface area contributed by atoms with Crippen LogP contribution in [0.2, 0.25) is 5.02 Å². The maximum atomic E-state index is 11.6. The van der Waals surface area contributed by atoms with Gasteiger partial charge in [0, 0.05) is 10.7 Å². The van der Waals surface area contributed by atoms with Crippen molar-refractivity contribution in [2.24, 2.45) is 0 Å². The maximum Gasteiger partial charge on any atom is 0.337 e. The highest BCUT2D eigenvalue weighted by molar-refractivity contribution is 6.31. The number of hydrogen-bond donors (Lipinski definition) is 1. The second-order valence-corrected chi connectivity index (χ2v) is 5.28. The lowest BCUT2D eigenvalue weighted by molar-refractivity contribution is 0.0601. The van der Waals surface area contributed by atoms with E-state index >= 15 is 0 Å². The molecule has 110 valence electrons. The number of anilines is 1. The Balaban J connectivity index is 1.74. The number of esters is 1. The summed E-state index contributed by atoms with van der Waals surface area (Å²) < 4.78 is 6.53. The molecule has 1 aliphatic rings. The molecule has 1 aromatic carbocycles. The molecule has 3 rings (SSSR count). The van der Waals surface area contributed by atoms with Crippen LogP contribution in [0.4, 0.5) is 5.69 Å². The molecular weight excluding hydrogens is 294 g/mol. The molecule has 1 saturated carbocycles. The van der Waals surface area contributed by atoms with Gasteiger partial charge in [-0.15, -0.1) is 5.10 Å². The normalized spacial score (nSPS) is 14.0. The Morgan fingerprint density at radius 2 is 2.29 bits per heavy atom. The number of halogens is 1. The van der Waals surface area contributed by atoms with E-state index in [2.05, 4.69) is 20.8 Å². The minimum absolute atomic E-state index is 0.397. The van der Waals surface area contributed by atoms with Crippen LogP contribution in [0.5, 0.6) is 0 Å². The first-order valence-corrected chi connectivity index (χ1v) is 6.94. The van der Waals surface area contributed by atoms with Gasteiger partial charge >= 0.3 is 5.97 Å². The summed E-state index contributed by atoms with van der Waals surface area (Å²) in [5, 5.41) is 15.3. The first kappa shape index (κ1) is 13.8. The predicted octanol–water partition coefficient (Wildman–Crippen LogP) is 2.06. The summed E-state index contributed by atoms with van der Waals surface area (Å²) in [7, 11) is 1.33. The minimum Gasteiger partial charge on any atom is -0.465 e. The molecule has 8 heteroatoms. The van der Waals surface area contributed by atoms with Crippen molar-refractivity contribution >= 4 is 23.3 Å². The fourth-order valence-electron chi connectivity index (χ4n) is 2.04. The van der Waals surface area contributed by atoms with Crippen molar-refractivity contribution in [1.82, 2.24) is 20.2 Å². The van der Waals surface area contributed by atoms with Crippen LogP contribution in [-0.2, 0) is 11.3 Å². The number of carbonyl (C=O) groups is 1. The Kier molecular flexibility index (Phi) is 3.74. The summed E-state index contributed by atoms with van der Waals surface area (Å²) in [6.45, 7) is 0.463. The average molecular weight is 308 g/mol. The third-order valence-corrected chi connectivity index (χ3v) is 3.44. The molecule has 0 aliphatic heterocycles. The summed E-state index contributed by atoms with van der Waals surface area (Å²) in [5.41, 5.74) is 1.11. The van der Waals surface area contributed by atoms with E-state index < -0.39 is 5.97 Å². The van der Waals surface area contributed by atoms with E-state index in [1.165, 1.54) is 7.11 Å². The lowest BCUT2D eigenvalue weighted by Gasteiger charge is -2.08. The lowest BCUT2D eigenvalue weighted by atomic mass is 10.2. The highest BCUT2D eigenvalue weighted by atomic mass is 35.5. The van der Waals surface area contributed by atoms with Crippen LogP contribution in [-0.4, -0.2) is 33.3 Å². The fourth-order valence-corrected chi connectivity index (χ4v) is 2.28. The molecule has 1 aromatic heterocycles. The number of rotatable bonds is 5. The third-order valence-electron chi connectivity index (χ3n) is 3.22. The molecule has 0 amide bonds. The standard InChI is InChI=1S/C13H14ClN5O2/c1-21-13(20)8-4-9(14)6-10(5-8)15-7-12-16-17-18-19(12)11-2-3-11/h4-6,11,15H,2-3,7H2,1H3. The van der Waals surface area contributed by atoms with Gasteiger partial charge in [0.25, 0.3) is 0 Å². The van der Waals surface area contributed by atoms with E-state index in [0.717, 1.165) is 18.7 Å². The molecule has 21 heavy (non-hydrogen) atoms. The molecule has 0 atom stereocenters. The van der Waals surface area contributed by atoms with Crippen molar-refractivity contribution in [2.45, 2.75) is 25.4 Å². The Bertz CT molecular complexity index is 668. The van der Waals surface area contributed by atoms with Gasteiger partial charge in [-0.2, -0.15) is 0 Å². The fraction of sp³-hybridized carbons (Fsp3) is 0.385. The van der Waals surface area contributed by atoms with Crippen LogP contribution < -0.4 is 5.32 Å². The van der Waals surface area contributed by atoms with E-state index in [1.54, 1.807) is 18.2 Å². The van der Waals surface area contributed by atoms with Crippen LogP contribution >= 0.6 is 11.6 Å². The van der Waals surface area contributed by atoms with Crippen molar-refractivity contribution in [3.63, 3.8) is 0 Å². The van der Waals surface area contributed by atoms with Gasteiger partial charge in [0.1, 0.15) is 0 Å². The van der Waals surface area contributed by atoms with Gasteiger partial charge in [-0.25, -0.2) is 9.48 Å². The van der Waals surface area contributed by atoms with Gasteiger partial charge in [0.2, 0.25) is 0 Å². The van der Waals surface area contributed by atoms with Gasteiger partial charge in [0.15, 0.2) is 5.82 Å². The number of carbonyl (C=O) groups excluding carboxylic acids is 1. The first-order valence-electron chi connectivity index (χ1n) is 6.57. The molecule has 0 saturated heterocycles. The molecule has 1 fully saturated rings. The molecule has 1 aliphatic carbocycles. The highest BCUT2D eigenvalue weighted by Gasteiger charge is 2.27. The summed E-state index contributed by atoms with van der Waals surface area (Å²) in [4.78, 5) is 11.6. The number of tetrazole rings is 1. The topological polar surface area (TPSA) is 81.9 Å². The highest BCUT2D eigenvalue weighted by Crippen LogP contribution is 2.34. The number of hydrogen-bond acceptors (Lipinski definition) is 6. The number of nitrogens with zero attached hydrogens (tertiary/aromatic N) is 4. The third kappa shape index (κ3) is 3.13. The zero-order valence-corrected chi connectivity index (χ0v) is 12.2. The average Bonchev–Trinajstić information content (AvgIpc) is 3.22. The van der Waals surface area contributed by atoms with Gasteiger partial charge < -0.3 is 10.1 Å². The van der Waals surface area contributed by atoms with Crippen molar-refractivity contribution in [3.8, 4) is 0 Å². The molecule has 1 heterocycles. The Morgan fingerprint density at radius 3 is 3.00 bits per heavy atom. The van der Waals surface area contributed by atoms with E-state index in [4.69, 9.17) is 16.3 Å². The zero-order valence-electron chi connectivity index (χ0n) is 11.4. The number of nitrogens with one attached hydrogen (secondary N) is 1. The minimum atomic E-state index is -0.427. The Labute approximate surface area is 126 Å². The van der Waals surface area contributed by atoms with Crippen LogP contribution in [0.15, 0.2) is 18.2 Å². The number of aromatic nitrogens is 4. The van der Waals surface area contributed by atoms with Crippen LogP contribution in [0.1, 0.15) is 35.1 Å². The monoisotopic (exact) mass is 307 g/mol. The van der Waals surface area contributed by atoms with Gasteiger partial charge in [0.05, 0.1) is 25.3 Å². The molecule has 0 spiro atoms. The first-order chi connectivity index (χ1) is 10.2. The molecule has 2 aromatic rings. The van der Waals surface area contributed by atoms with E-state index in [9.17, 15) is 4.79 Å². The van der Waals surface area contributed by atoms with E-state index in [0.29, 0.717) is 28.9 Å². The summed E-state index contributed by atoms with van der Waals surface area (Å²) >= 11 is 6.01. The van der Waals surface area contributed by atoms with Crippen LogP contribution in [0, 0.1) is 0 Å². The second kappa shape index (κ2) is 5.69. The second-order valence-electron chi connectivity index (χ2n) is 4.84. The number of ether oxygens (including phenoxy) is 1. The van der Waals surface area contributed by atoms with E-state index in [-0.39, 0.29) is 0 Å². The molecular formula is C13H14ClN5O2. The summed E-state index contributed by atoms with van der Waals surface area (Å²) in [5.74, 6) is 0.334. The molecule has 7 nitrogen and oxygen atoms in total. The molecule has 1 N–H and O–H groups in total. The van der Waals surface area contributed by atoms with Crippen molar-refractivity contribution in [2.75, 3.05) is 12.4 Å². The lowest BCUT2D eigenvalue weighted by Crippen LogP contribution is -2.09. The quantitative estimate of drug-likeness (QED) is 0.851. The summed E-state index contributed by atoms with van der Waals surface area (Å²) in [6.07, 6.45) is 2.23. The molecule has 0 bridgehead atoms. The number of benzene rings is 1. The predicted molar refractivity (Wildman–Crippen MR) is 76.2 cm³/mol. The maximum absolute atomic E-state index is 11.6. The van der Waals surface area contributed by atoms with E-state index in [1.807, 2.05) is 4.68 Å². The van der Waals surface area contributed by atoms with Gasteiger partial charge in [-0.1, -0.05) is 11.6 Å². The smallest absolute Gasteiger partial charge is 0.337 e. The van der Waals surface area contributed by atoms with Gasteiger partial charge in [-0.05, 0) is 41.5 Å². The Hall–Kier alpha value is -2.15. The SMILES string of the molecule is COC(=O)c1cc(Cl)cc(NCc2nnnn2C2CC2)c1. The van der Waals surface area contributed by atoms with Crippen molar-refractivity contribution in [3.05, 3.63) is 34.6 Å². The molecule has 0 radical (unpaired) electrons. The molecule has 0 unspecified atom stereocenters. The number of methoxy groups -OCH3 is 1.